The molecule has 144 valence electrons. The Morgan fingerprint density at radius 1 is 1.18 bits per heavy atom. The maximum atomic E-state index is 12.8. The highest BCUT2D eigenvalue weighted by molar-refractivity contribution is 8.27. The van der Waals surface area contributed by atoms with Crippen LogP contribution >= 0.6 is 24.0 Å². The number of nitro groups is 1. The summed E-state index contributed by atoms with van der Waals surface area (Å²) in [5.41, 5.74) is 0.945. The van der Waals surface area contributed by atoms with E-state index < -0.39 is 4.92 Å². The minimum Gasteiger partial charge on any atom is -0.502 e. The molecule has 1 aliphatic rings. The van der Waals surface area contributed by atoms with Crippen molar-refractivity contribution in [2.45, 2.75) is 0 Å². The number of hydrogen-bond donors (Lipinski definition) is 1. The van der Waals surface area contributed by atoms with Gasteiger partial charge in [-0.15, -0.1) is 0 Å². The predicted octanol–water partition coefficient (Wildman–Crippen LogP) is 3.72. The summed E-state index contributed by atoms with van der Waals surface area (Å²) in [7, 11) is 2.82. The lowest BCUT2D eigenvalue weighted by molar-refractivity contribution is -0.384. The van der Waals surface area contributed by atoms with Crippen molar-refractivity contribution in [3.63, 3.8) is 0 Å². The number of hydrogen-bond acceptors (Lipinski definition) is 8. The number of methoxy groups -OCH3 is 2. The molecule has 0 spiro atoms. The summed E-state index contributed by atoms with van der Waals surface area (Å²) in [5.74, 6) is -0.0802. The first-order chi connectivity index (χ1) is 13.3. The van der Waals surface area contributed by atoms with Crippen LogP contribution in [0.25, 0.3) is 6.08 Å². The minimum atomic E-state index is -0.514. The van der Waals surface area contributed by atoms with E-state index >= 15 is 0 Å². The van der Waals surface area contributed by atoms with Gasteiger partial charge in [0.15, 0.2) is 15.8 Å². The number of anilines is 1. The number of benzene rings is 2. The zero-order valence-corrected chi connectivity index (χ0v) is 16.4. The Hall–Kier alpha value is -3.11. The van der Waals surface area contributed by atoms with Gasteiger partial charge in [-0.05, 0) is 35.9 Å². The molecule has 2 aromatic rings. The maximum absolute atomic E-state index is 12.8. The Labute approximate surface area is 169 Å². The standard InChI is InChI=1S/C18H14N2O6S2/c1-25-13-7-10(8-14(26-2)16(13)21)9-15-17(22)19(18(27)28-15)11-3-5-12(6-4-11)20(23)24/h3-9,21H,1-2H3. The lowest BCUT2D eigenvalue weighted by Gasteiger charge is -2.14. The van der Waals surface area contributed by atoms with Crippen molar-refractivity contribution in [2.75, 3.05) is 19.1 Å². The monoisotopic (exact) mass is 418 g/mol. The molecule has 1 fully saturated rings. The van der Waals surface area contributed by atoms with Crippen LogP contribution in [0, 0.1) is 10.1 Å². The van der Waals surface area contributed by atoms with Gasteiger partial charge in [0.05, 0.1) is 29.7 Å². The van der Waals surface area contributed by atoms with E-state index in [1.165, 1.54) is 43.4 Å². The average Bonchev–Trinajstić information content (AvgIpc) is 2.96. The second-order valence-corrected chi connectivity index (χ2v) is 7.24. The van der Waals surface area contributed by atoms with Gasteiger partial charge in [0.1, 0.15) is 0 Å². The van der Waals surface area contributed by atoms with Gasteiger partial charge in [0.2, 0.25) is 5.75 Å². The molecule has 1 saturated heterocycles. The van der Waals surface area contributed by atoms with Crippen LogP contribution in [0.3, 0.4) is 0 Å². The summed E-state index contributed by atoms with van der Waals surface area (Å²) in [6, 6.07) is 8.70. The van der Waals surface area contributed by atoms with Crippen LogP contribution in [0.5, 0.6) is 17.2 Å². The molecule has 0 aliphatic carbocycles. The zero-order valence-electron chi connectivity index (χ0n) is 14.7. The van der Waals surface area contributed by atoms with Crippen LogP contribution in [0.1, 0.15) is 5.56 Å². The van der Waals surface area contributed by atoms with Gasteiger partial charge >= 0.3 is 0 Å². The Morgan fingerprint density at radius 2 is 1.75 bits per heavy atom. The molecule has 28 heavy (non-hydrogen) atoms. The van der Waals surface area contributed by atoms with Crippen LogP contribution in [0.15, 0.2) is 41.3 Å². The number of carbonyl (C=O) groups is 1. The van der Waals surface area contributed by atoms with Gasteiger partial charge in [-0.3, -0.25) is 19.8 Å². The first-order valence-electron chi connectivity index (χ1n) is 7.83. The number of rotatable bonds is 5. The third-order valence-corrected chi connectivity index (χ3v) is 5.21. The van der Waals surface area contributed by atoms with E-state index in [0.29, 0.717) is 20.5 Å². The second-order valence-electron chi connectivity index (χ2n) is 5.56. The molecule has 0 saturated carbocycles. The van der Waals surface area contributed by atoms with Crippen LogP contribution < -0.4 is 14.4 Å². The summed E-state index contributed by atoms with van der Waals surface area (Å²) in [4.78, 5) is 24.8. The SMILES string of the molecule is COc1cc(C=C2SC(=S)N(c3ccc([N+](=O)[O-])cc3)C2=O)cc(OC)c1O. The molecule has 2 aromatic carbocycles. The van der Waals surface area contributed by atoms with Gasteiger partial charge in [-0.25, -0.2) is 0 Å². The normalized spacial score (nSPS) is 15.2. The number of nitro benzene ring substituents is 1. The number of phenols is 1. The maximum Gasteiger partial charge on any atom is 0.270 e. The molecule has 8 nitrogen and oxygen atoms in total. The zero-order chi connectivity index (χ0) is 20.4. The molecule has 1 amide bonds. The molecule has 0 aromatic heterocycles. The molecule has 0 bridgehead atoms. The van der Waals surface area contributed by atoms with Crippen LogP contribution in [-0.2, 0) is 4.79 Å². The third kappa shape index (κ3) is 3.64. The molecule has 0 radical (unpaired) electrons. The predicted molar refractivity (Wildman–Crippen MR) is 110 cm³/mol. The number of amides is 1. The number of ether oxygens (including phenoxy) is 2. The molecular formula is C18H14N2O6S2. The Kier molecular flexibility index (Phi) is 5.52. The Balaban J connectivity index is 1.94. The van der Waals surface area contributed by atoms with Crippen molar-refractivity contribution in [1.82, 2.24) is 0 Å². The van der Waals surface area contributed by atoms with E-state index in [-0.39, 0.29) is 28.8 Å². The quantitative estimate of drug-likeness (QED) is 0.339. The highest BCUT2D eigenvalue weighted by atomic mass is 32.2. The van der Waals surface area contributed by atoms with Crippen LogP contribution in [0.4, 0.5) is 11.4 Å². The number of aromatic hydroxyl groups is 1. The highest BCUT2D eigenvalue weighted by Gasteiger charge is 2.33. The Morgan fingerprint density at radius 3 is 2.25 bits per heavy atom. The summed E-state index contributed by atoms with van der Waals surface area (Å²) in [6.45, 7) is 0. The van der Waals surface area contributed by atoms with Gasteiger partial charge in [-0.1, -0.05) is 24.0 Å². The van der Waals surface area contributed by atoms with Crippen molar-refractivity contribution in [2.24, 2.45) is 0 Å². The molecule has 3 rings (SSSR count). The number of non-ortho nitro benzene ring substituents is 1. The van der Waals surface area contributed by atoms with Gasteiger partial charge in [0.25, 0.3) is 11.6 Å². The van der Waals surface area contributed by atoms with Gasteiger partial charge in [-0.2, -0.15) is 0 Å². The van der Waals surface area contributed by atoms with Crippen LogP contribution in [-0.4, -0.2) is 34.5 Å². The highest BCUT2D eigenvalue weighted by Crippen LogP contribution is 2.40. The molecule has 0 unspecified atom stereocenters. The smallest absolute Gasteiger partial charge is 0.270 e. The lowest BCUT2D eigenvalue weighted by Crippen LogP contribution is -2.27. The molecule has 10 heteroatoms. The summed E-state index contributed by atoms with van der Waals surface area (Å²) in [5, 5.41) is 20.8. The summed E-state index contributed by atoms with van der Waals surface area (Å²) < 4.78 is 10.5. The number of thioether (sulfide) groups is 1. The fourth-order valence-electron chi connectivity index (χ4n) is 2.56. The van der Waals surface area contributed by atoms with Crippen LogP contribution in [0.2, 0.25) is 0 Å². The molecule has 1 N–H and O–H groups in total. The number of thiocarbonyl (C=S) groups is 1. The van der Waals surface area contributed by atoms with Crippen molar-refractivity contribution in [1.29, 1.82) is 0 Å². The van der Waals surface area contributed by atoms with Gasteiger partial charge in [0, 0.05) is 12.1 Å². The van der Waals surface area contributed by atoms with Crippen molar-refractivity contribution >= 4 is 51.7 Å². The molecule has 1 aliphatic heterocycles. The fraction of sp³-hybridized carbons (Fsp3) is 0.111. The molecule has 1 heterocycles. The average molecular weight is 418 g/mol. The topological polar surface area (TPSA) is 102 Å². The van der Waals surface area contributed by atoms with Crippen molar-refractivity contribution in [3.05, 3.63) is 57.0 Å². The number of carbonyl (C=O) groups excluding carboxylic acids is 1. The van der Waals surface area contributed by atoms with Crippen molar-refractivity contribution < 1.29 is 24.3 Å². The Bertz CT molecular complexity index is 979. The number of phenolic OH excluding ortho intramolecular Hbond substituents is 1. The van der Waals surface area contributed by atoms with E-state index in [0.717, 1.165) is 11.8 Å². The van der Waals surface area contributed by atoms with E-state index in [1.807, 2.05) is 0 Å². The number of nitrogens with zero attached hydrogens (tertiary/aromatic N) is 2. The molecular weight excluding hydrogens is 404 g/mol. The first-order valence-corrected chi connectivity index (χ1v) is 9.05. The summed E-state index contributed by atoms with van der Waals surface area (Å²) >= 11 is 6.40. The second kappa shape index (κ2) is 7.87. The molecule has 0 atom stereocenters. The lowest BCUT2D eigenvalue weighted by atomic mass is 10.1. The fourth-order valence-corrected chi connectivity index (χ4v) is 3.86. The largest absolute Gasteiger partial charge is 0.502 e. The summed E-state index contributed by atoms with van der Waals surface area (Å²) in [6.07, 6.45) is 1.61. The van der Waals surface area contributed by atoms with Gasteiger partial charge < -0.3 is 14.6 Å². The van der Waals surface area contributed by atoms with Crippen molar-refractivity contribution in [3.8, 4) is 17.2 Å². The van der Waals surface area contributed by atoms with E-state index in [9.17, 15) is 20.0 Å². The minimum absolute atomic E-state index is 0.0759. The van der Waals surface area contributed by atoms with E-state index in [2.05, 4.69) is 0 Å². The van der Waals surface area contributed by atoms with E-state index in [4.69, 9.17) is 21.7 Å². The van der Waals surface area contributed by atoms with E-state index in [1.54, 1.807) is 18.2 Å². The first kappa shape index (κ1) is 19.6. The third-order valence-electron chi connectivity index (χ3n) is 3.91.